The van der Waals surface area contributed by atoms with E-state index in [0.717, 1.165) is 43.9 Å². The molecule has 4 rings (SSSR count). The molecule has 7 nitrogen and oxygen atoms in total. The molecule has 0 spiro atoms. The summed E-state index contributed by atoms with van der Waals surface area (Å²) in [5.74, 6) is 0.298. The second-order valence-corrected chi connectivity index (χ2v) is 11.8. The van der Waals surface area contributed by atoms with E-state index in [-0.39, 0.29) is 22.6 Å². The Bertz CT molecular complexity index is 1010. The summed E-state index contributed by atoms with van der Waals surface area (Å²) < 4.78 is 14.9. The summed E-state index contributed by atoms with van der Waals surface area (Å²) in [7, 11) is 6.16. The third kappa shape index (κ3) is 5.49. The zero-order valence-corrected chi connectivity index (χ0v) is 22.8. The van der Waals surface area contributed by atoms with Gasteiger partial charge >= 0.3 is 0 Å². The van der Waals surface area contributed by atoms with Crippen LogP contribution in [-0.2, 0) is 0 Å². The average molecular weight is 504 g/mol. The van der Waals surface area contributed by atoms with Gasteiger partial charge in [0.2, 0.25) is 5.95 Å². The fourth-order valence-electron chi connectivity index (χ4n) is 5.38. The van der Waals surface area contributed by atoms with E-state index in [2.05, 4.69) is 76.9 Å². The number of aromatic nitrogens is 2. The van der Waals surface area contributed by atoms with Crippen molar-refractivity contribution in [2.24, 2.45) is 0 Å². The van der Waals surface area contributed by atoms with E-state index in [1.165, 1.54) is 6.20 Å². The average Bonchev–Trinajstić information content (AvgIpc) is 2.80. The van der Waals surface area contributed by atoms with Gasteiger partial charge in [-0.1, -0.05) is 0 Å². The molecule has 1 aromatic carbocycles. The van der Waals surface area contributed by atoms with Crippen LogP contribution < -0.4 is 15.1 Å². The van der Waals surface area contributed by atoms with Gasteiger partial charge in [-0.25, -0.2) is 9.37 Å². The normalized spacial score (nSPS) is 23.3. The Balaban J connectivity index is 1.48. The first-order valence-electron chi connectivity index (χ1n) is 12.3. The van der Waals surface area contributed by atoms with Crippen molar-refractivity contribution in [3.63, 3.8) is 0 Å². The fourth-order valence-corrected chi connectivity index (χ4v) is 5.65. The van der Waals surface area contributed by atoms with Crippen LogP contribution in [0.1, 0.15) is 40.5 Å². The molecular formula is C26H39ClFN7. The summed E-state index contributed by atoms with van der Waals surface area (Å²) in [6.45, 7) is 11.6. The van der Waals surface area contributed by atoms with Crippen LogP contribution in [0, 0.1) is 5.82 Å². The zero-order valence-electron chi connectivity index (χ0n) is 22.0. The van der Waals surface area contributed by atoms with Crippen molar-refractivity contribution in [3.8, 4) is 0 Å². The van der Waals surface area contributed by atoms with Gasteiger partial charge < -0.3 is 15.1 Å². The van der Waals surface area contributed by atoms with E-state index < -0.39 is 5.82 Å². The molecule has 0 amide bonds. The van der Waals surface area contributed by atoms with Crippen LogP contribution in [0.3, 0.4) is 0 Å². The number of halogens is 2. The largest absolute Gasteiger partial charge is 0.367 e. The van der Waals surface area contributed by atoms with Crippen LogP contribution in [0.4, 0.5) is 27.5 Å². The van der Waals surface area contributed by atoms with Crippen LogP contribution in [-0.4, -0.2) is 83.2 Å². The van der Waals surface area contributed by atoms with Gasteiger partial charge in [-0.15, -0.1) is 11.6 Å². The predicted octanol–water partition coefficient (Wildman–Crippen LogP) is 4.76. The Morgan fingerprint density at radius 2 is 1.69 bits per heavy atom. The summed E-state index contributed by atoms with van der Waals surface area (Å²) >= 11 is 6.42. The highest BCUT2D eigenvalue weighted by molar-refractivity contribution is 6.20. The van der Waals surface area contributed by atoms with Crippen LogP contribution in [0.2, 0.25) is 0 Å². The maximum atomic E-state index is 14.9. The van der Waals surface area contributed by atoms with Gasteiger partial charge in [0.15, 0.2) is 11.6 Å². The Kier molecular flexibility index (Phi) is 7.19. The third-order valence-electron chi connectivity index (χ3n) is 7.95. The van der Waals surface area contributed by atoms with E-state index in [4.69, 9.17) is 11.6 Å². The highest BCUT2D eigenvalue weighted by Crippen LogP contribution is 2.39. The van der Waals surface area contributed by atoms with Gasteiger partial charge in [-0.2, -0.15) is 4.98 Å². The minimum atomic E-state index is -0.409. The first-order chi connectivity index (χ1) is 16.4. The Hall–Kier alpha value is -2.16. The summed E-state index contributed by atoms with van der Waals surface area (Å²) in [5, 5.41) is 3.24. The monoisotopic (exact) mass is 503 g/mol. The van der Waals surface area contributed by atoms with Crippen molar-refractivity contribution in [1.82, 2.24) is 19.8 Å². The molecule has 192 valence electrons. The molecule has 1 unspecified atom stereocenters. The molecule has 35 heavy (non-hydrogen) atoms. The molecule has 1 aromatic heterocycles. The number of nitrogens with zero attached hydrogens (tertiary/aromatic N) is 6. The first-order valence-corrected chi connectivity index (χ1v) is 12.8. The van der Waals surface area contributed by atoms with E-state index >= 15 is 0 Å². The first kappa shape index (κ1) is 25.9. The highest BCUT2D eigenvalue weighted by Gasteiger charge is 2.44. The Morgan fingerprint density at radius 3 is 2.29 bits per heavy atom. The highest BCUT2D eigenvalue weighted by atomic mass is 35.5. The number of piperazine rings is 1. The fraction of sp³-hybridized carbons (Fsp3) is 0.615. The number of anilines is 4. The van der Waals surface area contributed by atoms with Crippen molar-refractivity contribution in [1.29, 1.82) is 0 Å². The molecule has 0 saturated carbocycles. The molecule has 9 heteroatoms. The summed E-state index contributed by atoms with van der Waals surface area (Å²) in [6, 6.07) is 8.29. The van der Waals surface area contributed by atoms with E-state index in [1.807, 2.05) is 31.1 Å². The van der Waals surface area contributed by atoms with Crippen molar-refractivity contribution in [2.75, 3.05) is 55.9 Å². The number of likely N-dealkylation sites (N-methyl/N-ethyl adjacent to an activating group) is 1. The van der Waals surface area contributed by atoms with Crippen molar-refractivity contribution >= 4 is 34.7 Å². The van der Waals surface area contributed by atoms with Gasteiger partial charge in [-0.05, 0) is 78.9 Å². The Morgan fingerprint density at radius 1 is 1.06 bits per heavy atom. The van der Waals surface area contributed by atoms with Crippen molar-refractivity contribution < 1.29 is 4.39 Å². The second-order valence-electron chi connectivity index (χ2n) is 11.3. The number of piperidine rings is 1. The number of rotatable bonds is 5. The van der Waals surface area contributed by atoms with Crippen LogP contribution in [0.15, 0.2) is 30.5 Å². The molecule has 0 bridgehead atoms. The number of likely N-dealkylation sites (tertiary alicyclic amines) is 1. The molecule has 1 atom stereocenters. The molecule has 2 fully saturated rings. The SMILES string of the molecule is CN1CCN(c2ccc(Nc3ncc(F)c(N(C)C4CC(C)(C)N(C)C(C)(C)C4)n3)cc2)CC1Cl. The number of nitrogens with one attached hydrogen (secondary N) is 1. The van der Waals surface area contributed by atoms with E-state index in [9.17, 15) is 4.39 Å². The third-order valence-corrected chi connectivity index (χ3v) is 8.43. The van der Waals surface area contributed by atoms with E-state index in [1.54, 1.807) is 0 Å². The minimum absolute atomic E-state index is 0.000260. The molecular weight excluding hydrogens is 465 g/mol. The lowest BCUT2D eigenvalue weighted by Crippen LogP contribution is -2.62. The van der Waals surface area contributed by atoms with Crippen LogP contribution >= 0.6 is 11.6 Å². The maximum Gasteiger partial charge on any atom is 0.229 e. The number of benzene rings is 1. The molecule has 0 radical (unpaired) electrons. The smallest absolute Gasteiger partial charge is 0.229 e. The molecule has 2 saturated heterocycles. The lowest BCUT2D eigenvalue weighted by atomic mass is 9.77. The van der Waals surface area contributed by atoms with Crippen molar-refractivity contribution in [2.45, 2.75) is 63.2 Å². The molecule has 2 aliphatic rings. The van der Waals surface area contributed by atoms with Gasteiger partial charge in [0.1, 0.15) is 5.50 Å². The Labute approximate surface area is 214 Å². The maximum absolute atomic E-state index is 14.9. The predicted molar refractivity (Wildman–Crippen MR) is 144 cm³/mol. The molecule has 3 heterocycles. The lowest BCUT2D eigenvalue weighted by Gasteiger charge is -2.55. The molecule has 0 aliphatic carbocycles. The zero-order chi connectivity index (χ0) is 25.5. The molecule has 2 aliphatic heterocycles. The van der Waals surface area contributed by atoms with Gasteiger partial charge in [0, 0.05) is 55.2 Å². The number of hydrogen-bond acceptors (Lipinski definition) is 7. The number of alkyl halides is 1. The van der Waals surface area contributed by atoms with Crippen molar-refractivity contribution in [3.05, 3.63) is 36.3 Å². The van der Waals surface area contributed by atoms with Gasteiger partial charge in [0.25, 0.3) is 0 Å². The molecule has 1 N–H and O–H groups in total. The summed E-state index contributed by atoms with van der Waals surface area (Å²) in [6.07, 6.45) is 3.10. The standard InChI is InChI=1S/C26H39ClFN7/c1-25(2)14-20(15-26(3,4)34(25)7)33(6)23-21(28)16-29-24(31-23)30-18-8-10-19(11-9-18)35-13-12-32(5)22(27)17-35/h8-11,16,20,22H,12-15,17H2,1-7H3,(H,29,30,31). The number of hydrogen-bond donors (Lipinski definition) is 1. The summed E-state index contributed by atoms with van der Waals surface area (Å²) in [5.41, 5.74) is 1.99. The summed E-state index contributed by atoms with van der Waals surface area (Å²) in [4.78, 5) is 17.6. The van der Waals surface area contributed by atoms with Crippen LogP contribution in [0.25, 0.3) is 0 Å². The molecule has 2 aromatic rings. The second kappa shape index (κ2) is 9.71. The quantitative estimate of drug-likeness (QED) is 0.466. The van der Waals surface area contributed by atoms with Gasteiger partial charge in [0.05, 0.1) is 6.20 Å². The lowest BCUT2D eigenvalue weighted by molar-refractivity contribution is -0.0121. The minimum Gasteiger partial charge on any atom is -0.367 e. The van der Waals surface area contributed by atoms with E-state index in [0.29, 0.717) is 11.8 Å². The van der Waals surface area contributed by atoms with Crippen LogP contribution in [0.5, 0.6) is 0 Å². The topological polar surface area (TPSA) is 50.8 Å². The van der Waals surface area contributed by atoms with Gasteiger partial charge in [-0.3, -0.25) is 9.80 Å².